The van der Waals surface area contributed by atoms with Gasteiger partial charge in [-0.15, -0.1) is 0 Å². The van der Waals surface area contributed by atoms with Gasteiger partial charge in [0.15, 0.2) is 0 Å². The van der Waals surface area contributed by atoms with Crippen molar-refractivity contribution in [2.24, 2.45) is 10.9 Å². The Kier molecular flexibility index (Phi) is 4.17. The fourth-order valence-corrected chi connectivity index (χ4v) is 2.72. The van der Waals surface area contributed by atoms with Crippen LogP contribution in [-0.2, 0) is 9.84 Å². The van der Waals surface area contributed by atoms with Crippen molar-refractivity contribution < 1.29 is 8.42 Å². The molecule has 1 aromatic heterocycles. The Morgan fingerprint density at radius 2 is 2.25 bits per heavy atom. The molecule has 0 aliphatic rings. The molecule has 0 aliphatic carbocycles. The van der Waals surface area contributed by atoms with Gasteiger partial charge in [-0.3, -0.25) is 10.1 Å². The molecule has 0 aliphatic heterocycles. The zero-order valence-corrected chi connectivity index (χ0v) is 10.2. The maximum Gasteiger partial charge on any atom is 0.243 e. The van der Waals surface area contributed by atoms with E-state index in [4.69, 9.17) is 0 Å². The van der Waals surface area contributed by atoms with Crippen LogP contribution in [0.25, 0.3) is 0 Å². The van der Waals surface area contributed by atoms with E-state index in [9.17, 15) is 8.42 Å². The Balaban J connectivity index is 2.75. The molecule has 0 fully saturated rings. The molecule has 0 saturated carbocycles. The second-order valence-electron chi connectivity index (χ2n) is 4.04. The second-order valence-corrected chi connectivity index (χ2v) is 5.99. The summed E-state index contributed by atoms with van der Waals surface area (Å²) in [6, 6.07) is -0.296. The third kappa shape index (κ3) is 3.41. The number of aliphatic imine (C=N–C) groups is 1. The van der Waals surface area contributed by atoms with E-state index in [0.29, 0.717) is 12.3 Å². The maximum absolute atomic E-state index is 11.8. The molecule has 0 radical (unpaired) electrons. The Morgan fingerprint density at radius 3 is 2.69 bits per heavy atom. The number of nitrogens with one attached hydrogen (secondary N) is 1. The van der Waals surface area contributed by atoms with Crippen LogP contribution < -0.4 is 0 Å². The number of aromatic nitrogens is 3. The zero-order valence-electron chi connectivity index (χ0n) is 9.42. The summed E-state index contributed by atoms with van der Waals surface area (Å²) in [5, 5.41) is 5.76. The number of aromatic amines is 1. The number of nitrogens with zero attached hydrogens (tertiary/aromatic N) is 3. The normalized spacial score (nSPS) is 13.9. The molecular weight excluding hydrogens is 228 g/mol. The molecule has 0 bridgehead atoms. The van der Waals surface area contributed by atoms with E-state index in [1.54, 1.807) is 0 Å². The van der Waals surface area contributed by atoms with Crippen LogP contribution >= 0.6 is 0 Å². The molecule has 1 atom stereocenters. The Hall–Kier alpha value is -1.24. The van der Waals surface area contributed by atoms with E-state index in [2.05, 4.69) is 26.9 Å². The van der Waals surface area contributed by atoms with Gasteiger partial charge >= 0.3 is 0 Å². The Morgan fingerprint density at radius 1 is 1.56 bits per heavy atom. The van der Waals surface area contributed by atoms with E-state index >= 15 is 0 Å². The molecule has 1 rings (SSSR count). The minimum Gasteiger partial charge on any atom is -0.297 e. The van der Waals surface area contributed by atoms with Gasteiger partial charge in [0.1, 0.15) is 6.33 Å². The van der Waals surface area contributed by atoms with Crippen LogP contribution in [-0.4, -0.2) is 42.1 Å². The van der Waals surface area contributed by atoms with Gasteiger partial charge in [-0.2, -0.15) is 5.10 Å². The zero-order chi connectivity index (χ0) is 12.2. The van der Waals surface area contributed by atoms with Gasteiger partial charge in [0, 0.05) is 0 Å². The second kappa shape index (κ2) is 5.20. The molecule has 0 saturated heterocycles. The summed E-state index contributed by atoms with van der Waals surface area (Å²) >= 11 is 0. The van der Waals surface area contributed by atoms with Gasteiger partial charge in [-0.1, -0.05) is 13.8 Å². The topological polar surface area (TPSA) is 88.1 Å². The summed E-state index contributed by atoms with van der Waals surface area (Å²) in [6.07, 6.45) is 1.86. The van der Waals surface area contributed by atoms with Crippen LogP contribution in [0.3, 0.4) is 0 Å². The van der Waals surface area contributed by atoms with Crippen LogP contribution in [0.15, 0.2) is 16.5 Å². The van der Waals surface area contributed by atoms with Gasteiger partial charge in [-0.05, 0) is 19.1 Å². The highest BCUT2D eigenvalue weighted by Gasteiger charge is 2.23. The van der Waals surface area contributed by atoms with Crippen LogP contribution in [0.1, 0.15) is 20.3 Å². The molecule has 0 aromatic carbocycles. The third-order valence-corrected chi connectivity index (χ3v) is 3.71. The summed E-state index contributed by atoms with van der Waals surface area (Å²) < 4.78 is 23.6. The van der Waals surface area contributed by atoms with Gasteiger partial charge in [0.25, 0.3) is 0 Å². The van der Waals surface area contributed by atoms with E-state index in [-0.39, 0.29) is 17.0 Å². The van der Waals surface area contributed by atoms with Crippen molar-refractivity contribution in [3.63, 3.8) is 0 Å². The summed E-state index contributed by atoms with van der Waals surface area (Å²) in [5.41, 5.74) is 0. The maximum atomic E-state index is 11.8. The first-order valence-corrected chi connectivity index (χ1v) is 6.65. The van der Waals surface area contributed by atoms with E-state index in [0.717, 1.165) is 0 Å². The van der Waals surface area contributed by atoms with Crippen molar-refractivity contribution in [3.8, 4) is 0 Å². The predicted octanol–water partition coefficient (Wildman–Crippen LogP) is 0.694. The van der Waals surface area contributed by atoms with E-state index < -0.39 is 9.84 Å². The van der Waals surface area contributed by atoms with Crippen LogP contribution in [0, 0.1) is 5.92 Å². The summed E-state index contributed by atoms with van der Waals surface area (Å²) in [7, 11) is -3.44. The standard InChI is InChI=1S/C9H16N4O2S/c1-7(2)4-8(10-3)5-16(14,15)9-11-6-12-13-9/h6-8H,3-5H2,1-2H3,(H,11,12,13)/t8-/m0/s1. The van der Waals surface area contributed by atoms with Crippen molar-refractivity contribution in [2.75, 3.05) is 5.75 Å². The molecule has 0 spiro atoms. The third-order valence-electron chi connectivity index (χ3n) is 2.10. The van der Waals surface area contributed by atoms with Crippen molar-refractivity contribution in [1.82, 2.24) is 15.2 Å². The molecular formula is C9H16N4O2S. The lowest BCUT2D eigenvalue weighted by Crippen LogP contribution is -2.22. The molecule has 90 valence electrons. The molecule has 1 heterocycles. The summed E-state index contributed by atoms with van der Waals surface area (Å²) in [6.45, 7) is 7.45. The van der Waals surface area contributed by atoms with Gasteiger partial charge < -0.3 is 0 Å². The first-order valence-electron chi connectivity index (χ1n) is 4.99. The van der Waals surface area contributed by atoms with Gasteiger partial charge in [0.2, 0.25) is 15.0 Å². The molecule has 0 amide bonds. The fraction of sp³-hybridized carbons (Fsp3) is 0.667. The minimum atomic E-state index is -3.44. The molecule has 16 heavy (non-hydrogen) atoms. The monoisotopic (exact) mass is 244 g/mol. The number of hydrogen-bond donors (Lipinski definition) is 1. The van der Waals surface area contributed by atoms with E-state index in [1.165, 1.54) is 6.33 Å². The number of rotatable bonds is 6. The smallest absolute Gasteiger partial charge is 0.243 e. The van der Waals surface area contributed by atoms with Crippen molar-refractivity contribution in [2.45, 2.75) is 31.5 Å². The quantitative estimate of drug-likeness (QED) is 0.746. The lowest BCUT2D eigenvalue weighted by atomic mass is 10.1. The predicted molar refractivity (Wildman–Crippen MR) is 61.2 cm³/mol. The molecule has 0 unspecified atom stereocenters. The number of hydrogen-bond acceptors (Lipinski definition) is 5. The van der Waals surface area contributed by atoms with Crippen molar-refractivity contribution in [1.29, 1.82) is 0 Å². The highest BCUT2D eigenvalue weighted by atomic mass is 32.2. The SMILES string of the molecule is C=N[C@@H](CC(C)C)CS(=O)(=O)c1ncn[nH]1. The van der Waals surface area contributed by atoms with E-state index in [1.807, 2.05) is 13.8 Å². The molecule has 1 aromatic rings. The Bertz CT molecular complexity index is 424. The fourth-order valence-electron chi connectivity index (χ4n) is 1.42. The van der Waals surface area contributed by atoms with Crippen LogP contribution in [0.4, 0.5) is 0 Å². The summed E-state index contributed by atoms with van der Waals surface area (Å²) in [5.74, 6) is 0.296. The minimum absolute atomic E-state index is 0.0795. The van der Waals surface area contributed by atoms with Gasteiger partial charge in [-0.25, -0.2) is 13.4 Å². The number of H-pyrrole nitrogens is 1. The first-order chi connectivity index (χ1) is 7.45. The Labute approximate surface area is 95.1 Å². The van der Waals surface area contributed by atoms with Crippen LogP contribution in [0.2, 0.25) is 0 Å². The van der Waals surface area contributed by atoms with Gasteiger partial charge in [0.05, 0.1) is 11.8 Å². The lowest BCUT2D eigenvalue weighted by molar-refractivity contribution is 0.513. The van der Waals surface area contributed by atoms with Crippen molar-refractivity contribution in [3.05, 3.63) is 6.33 Å². The molecule has 7 heteroatoms. The first kappa shape index (κ1) is 12.8. The number of sulfone groups is 1. The average molecular weight is 244 g/mol. The average Bonchev–Trinajstić information content (AvgIpc) is 2.68. The molecule has 1 N–H and O–H groups in total. The highest BCUT2D eigenvalue weighted by Crippen LogP contribution is 2.13. The largest absolute Gasteiger partial charge is 0.297 e. The van der Waals surface area contributed by atoms with Crippen molar-refractivity contribution >= 4 is 16.6 Å². The highest BCUT2D eigenvalue weighted by molar-refractivity contribution is 7.91. The molecule has 6 nitrogen and oxygen atoms in total. The summed E-state index contributed by atoms with van der Waals surface area (Å²) in [4.78, 5) is 7.47. The lowest BCUT2D eigenvalue weighted by Gasteiger charge is -2.13. The van der Waals surface area contributed by atoms with Crippen LogP contribution in [0.5, 0.6) is 0 Å².